The maximum absolute atomic E-state index is 12.3. The second-order valence-corrected chi connectivity index (χ2v) is 6.63. The van der Waals surface area contributed by atoms with Crippen molar-refractivity contribution >= 4 is 29.2 Å². The Morgan fingerprint density at radius 3 is 2.67 bits per heavy atom. The molecule has 0 saturated heterocycles. The Morgan fingerprint density at radius 1 is 1.33 bits per heavy atom. The van der Waals surface area contributed by atoms with Crippen molar-refractivity contribution < 1.29 is 0 Å². The Kier molecular flexibility index (Phi) is 4.35. The van der Waals surface area contributed by atoms with Gasteiger partial charge in [-0.05, 0) is 36.3 Å². The van der Waals surface area contributed by atoms with Gasteiger partial charge in [-0.25, -0.2) is 4.68 Å². The smallest absolute Gasteiger partial charge is 0.283 e. The van der Waals surface area contributed by atoms with E-state index in [0.717, 1.165) is 22.3 Å². The fourth-order valence-electron chi connectivity index (χ4n) is 2.36. The predicted molar refractivity (Wildman–Crippen MR) is 97.4 cm³/mol. The Labute approximate surface area is 142 Å². The van der Waals surface area contributed by atoms with E-state index in [2.05, 4.69) is 10.1 Å². The van der Waals surface area contributed by atoms with Gasteiger partial charge in [0.2, 0.25) is 5.13 Å². The molecule has 1 aromatic rings. The van der Waals surface area contributed by atoms with Crippen LogP contribution in [0.5, 0.6) is 0 Å². The minimum Gasteiger partial charge on any atom is -0.378 e. The van der Waals surface area contributed by atoms with Gasteiger partial charge in [-0.3, -0.25) is 15.3 Å². The van der Waals surface area contributed by atoms with Crippen LogP contribution in [-0.4, -0.2) is 28.9 Å². The average Bonchev–Trinajstić information content (AvgIpc) is 2.95. The molecule has 0 aliphatic carbocycles. The van der Waals surface area contributed by atoms with E-state index in [1.807, 2.05) is 56.3 Å². The Balaban J connectivity index is 2.19. The normalized spacial score (nSPS) is 13.0. The number of hydrogen-bond acceptors (Lipinski definition) is 5. The highest BCUT2D eigenvalue weighted by Gasteiger charge is 2.09. The lowest BCUT2D eigenvalue weighted by molar-refractivity contribution is 0.750. The molecular formula is C17H19N5OS. The van der Waals surface area contributed by atoms with Gasteiger partial charge < -0.3 is 4.90 Å². The number of nitrogens with zero attached hydrogens (tertiary/aromatic N) is 3. The summed E-state index contributed by atoms with van der Waals surface area (Å²) in [5.41, 5.74) is 1.68. The fraction of sp³-hybridized carbons (Fsp3) is 0.235. The van der Waals surface area contributed by atoms with Crippen LogP contribution in [-0.2, 0) is 0 Å². The van der Waals surface area contributed by atoms with Crippen molar-refractivity contribution in [2.24, 2.45) is 0 Å². The van der Waals surface area contributed by atoms with Gasteiger partial charge in [-0.2, -0.15) is 4.98 Å². The lowest BCUT2D eigenvalue weighted by atomic mass is 10.1. The fourth-order valence-corrected chi connectivity index (χ4v) is 3.30. The molecule has 0 amide bonds. The minimum atomic E-state index is -0.380. The largest absolute Gasteiger partial charge is 0.378 e. The molecule has 3 rings (SSSR count). The molecule has 2 N–H and O–H groups in total. The SMILES string of the molecule is CCC=c1[nH]n2c(=N)c(=Cc3ccc(N(C)C)cc3)c(=O)nc-2s1. The third-order valence-corrected chi connectivity index (χ3v) is 4.57. The molecule has 0 radical (unpaired) electrons. The van der Waals surface area contributed by atoms with Gasteiger partial charge in [-0.1, -0.05) is 30.4 Å². The van der Waals surface area contributed by atoms with Crippen molar-refractivity contribution in [1.29, 1.82) is 5.41 Å². The van der Waals surface area contributed by atoms with Crippen LogP contribution in [0.15, 0.2) is 29.1 Å². The Morgan fingerprint density at radius 2 is 2.04 bits per heavy atom. The van der Waals surface area contributed by atoms with Gasteiger partial charge in [0.05, 0.1) is 5.22 Å². The molecule has 1 aromatic carbocycles. The highest BCUT2D eigenvalue weighted by Crippen LogP contribution is 2.12. The number of rotatable bonds is 3. The zero-order valence-corrected chi connectivity index (χ0v) is 14.6. The summed E-state index contributed by atoms with van der Waals surface area (Å²) in [4.78, 5) is 18.4. The molecule has 0 fully saturated rings. The molecule has 0 atom stereocenters. The van der Waals surface area contributed by atoms with Gasteiger partial charge in [0, 0.05) is 19.8 Å². The summed E-state index contributed by atoms with van der Waals surface area (Å²) in [5, 5.41) is 12.2. The van der Waals surface area contributed by atoms with Crippen LogP contribution in [0.4, 0.5) is 5.69 Å². The van der Waals surface area contributed by atoms with Crippen LogP contribution >= 0.6 is 11.3 Å². The lowest BCUT2D eigenvalue weighted by Gasteiger charge is -2.11. The molecule has 0 spiro atoms. The zero-order valence-electron chi connectivity index (χ0n) is 13.8. The third kappa shape index (κ3) is 3.03. The molecule has 124 valence electrons. The van der Waals surface area contributed by atoms with Crippen molar-refractivity contribution in [3.63, 3.8) is 0 Å². The first-order chi connectivity index (χ1) is 11.5. The van der Waals surface area contributed by atoms with Crippen LogP contribution in [0.3, 0.4) is 0 Å². The van der Waals surface area contributed by atoms with Crippen molar-refractivity contribution in [2.45, 2.75) is 13.3 Å². The summed E-state index contributed by atoms with van der Waals surface area (Å²) in [5.74, 6) is 0. The highest BCUT2D eigenvalue weighted by atomic mass is 32.1. The zero-order chi connectivity index (χ0) is 17.3. The average molecular weight is 341 g/mol. The van der Waals surface area contributed by atoms with Gasteiger partial charge in [0.15, 0.2) is 5.49 Å². The molecule has 7 heteroatoms. The second-order valence-electron chi connectivity index (χ2n) is 5.62. The van der Waals surface area contributed by atoms with Gasteiger partial charge in [-0.15, -0.1) is 0 Å². The van der Waals surface area contributed by atoms with Crippen molar-refractivity contribution in [2.75, 3.05) is 19.0 Å². The maximum Gasteiger partial charge on any atom is 0.283 e. The quantitative estimate of drug-likeness (QED) is 0.733. The summed E-state index contributed by atoms with van der Waals surface area (Å²) < 4.78 is 2.44. The van der Waals surface area contributed by atoms with E-state index in [4.69, 9.17) is 5.41 Å². The Hall–Kier alpha value is -2.67. The standard InChI is InChI=1S/C17H19N5OS/c1-4-5-14-20-22-15(18)13(16(23)19-17(22)24-14)10-11-6-8-12(9-7-11)21(2)3/h5-10,18,20H,4H2,1-3H3. The van der Waals surface area contributed by atoms with Crippen molar-refractivity contribution in [3.8, 4) is 5.13 Å². The van der Waals surface area contributed by atoms with E-state index in [-0.39, 0.29) is 16.3 Å². The van der Waals surface area contributed by atoms with E-state index >= 15 is 0 Å². The Bertz CT molecular complexity index is 1060. The monoisotopic (exact) mass is 341 g/mol. The van der Waals surface area contributed by atoms with Gasteiger partial charge in [0.1, 0.15) is 4.66 Å². The molecule has 2 heterocycles. The summed E-state index contributed by atoms with van der Waals surface area (Å²) in [6.45, 7) is 2.04. The second kappa shape index (κ2) is 6.45. The number of nitrogens with one attached hydrogen (secondary N) is 2. The molecule has 0 saturated carbocycles. The van der Waals surface area contributed by atoms with Crippen LogP contribution < -0.4 is 25.8 Å². The van der Waals surface area contributed by atoms with Crippen LogP contribution in [0, 0.1) is 5.41 Å². The molecule has 24 heavy (non-hydrogen) atoms. The van der Waals surface area contributed by atoms with Crippen molar-refractivity contribution in [3.05, 3.63) is 55.6 Å². The number of anilines is 1. The first-order valence-electron chi connectivity index (χ1n) is 7.65. The van der Waals surface area contributed by atoms with Crippen LogP contribution in [0.25, 0.3) is 17.3 Å². The minimum absolute atomic E-state index is 0.119. The molecular weight excluding hydrogens is 322 g/mol. The van der Waals surface area contributed by atoms with Crippen LogP contribution in [0.2, 0.25) is 0 Å². The number of fused-ring (bicyclic) bond motifs is 1. The van der Waals surface area contributed by atoms with E-state index in [0.29, 0.717) is 5.13 Å². The first-order valence-corrected chi connectivity index (χ1v) is 8.47. The van der Waals surface area contributed by atoms with Crippen LogP contribution in [0.1, 0.15) is 18.9 Å². The number of benzene rings is 1. The van der Waals surface area contributed by atoms with Gasteiger partial charge in [0.25, 0.3) is 5.56 Å². The molecule has 2 aliphatic rings. The number of aromatic amines is 1. The molecule has 0 aromatic heterocycles. The third-order valence-electron chi connectivity index (χ3n) is 3.63. The molecule has 0 unspecified atom stereocenters. The topological polar surface area (TPSA) is 77.8 Å². The van der Waals surface area contributed by atoms with E-state index in [1.54, 1.807) is 10.8 Å². The van der Waals surface area contributed by atoms with E-state index < -0.39 is 0 Å². The highest BCUT2D eigenvalue weighted by molar-refractivity contribution is 7.11. The molecule has 2 aliphatic heterocycles. The van der Waals surface area contributed by atoms with E-state index in [1.165, 1.54) is 11.3 Å². The summed E-state index contributed by atoms with van der Waals surface area (Å²) in [6, 6.07) is 7.81. The van der Waals surface area contributed by atoms with Gasteiger partial charge >= 0.3 is 0 Å². The van der Waals surface area contributed by atoms with Crippen molar-refractivity contribution in [1.82, 2.24) is 14.8 Å². The summed E-state index contributed by atoms with van der Waals surface area (Å²) >= 11 is 1.37. The first kappa shape index (κ1) is 16.2. The molecule has 0 bridgehead atoms. The van der Waals surface area contributed by atoms with E-state index in [9.17, 15) is 4.79 Å². The summed E-state index contributed by atoms with van der Waals surface area (Å²) in [7, 11) is 3.95. The number of hydrogen-bond donors (Lipinski definition) is 2. The predicted octanol–water partition coefficient (Wildman–Crippen LogP) is 0.625. The lowest BCUT2D eigenvalue weighted by Crippen LogP contribution is -2.47. The number of aromatic nitrogens is 3. The summed E-state index contributed by atoms with van der Waals surface area (Å²) in [6.07, 6.45) is 4.59. The number of H-pyrrole nitrogens is 1. The maximum atomic E-state index is 12.3. The molecule has 6 nitrogen and oxygen atoms in total.